The molecule has 9 nitrogen and oxygen atoms in total. The van der Waals surface area contributed by atoms with Gasteiger partial charge in [0.15, 0.2) is 28.1 Å². The number of alkyl halides is 3. The van der Waals surface area contributed by atoms with E-state index in [9.17, 15) is 34.8 Å². The number of likely N-dealkylation sites (tertiary alicyclic amines) is 1. The number of fused-ring (bicyclic) bond motifs is 2. The molecule has 0 saturated carbocycles. The number of nitrogens with zero attached hydrogens (tertiary/aromatic N) is 5. The van der Waals surface area contributed by atoms with E-state index >= 15 is 4.39 Å². The Kier molecular flexibility index (Phi) is 8.78. The molecule has 48 heavy (non-hydrogen) atoms. The largest absolute Gasteiger partial charge is 0.573 e. The molecular formula is C31H28F7N5O4S. The SMILES string of the molecule is CN1CCC[C@@H]1COc1nc2c(c(N(C)S(=O)(=O)c3c(F)c(F)c(F)c(F)c3OC(F)(F)F)n1)CCN(c1cccc3ccccc13)C2. The van der Waals surface area contributed by atoms with E-state index in [-0.39, 0.29) is 41.5 Å². The number of hydrogen-bond acceptors (Lipinski definition) is 8. The predicted molar refractivity (Wildman–Crippen MR) is 160 cm³/mol. The molecule has 1 atom stereocenters. The van der Waals surface area contributed by atoms with Crippen LogP contribution in [0.25, 0.3) is 10.8 Å². The first kappa shape index (κ1) is 33.5. The number of likely N-dealkylation sites (N-methyl/N-ethyl adjacent to an activating group) is 1. The van der Waals surface area contributed by atoms with Crippen molar-refractivity contribution in [1.82, 2.24) is 14.9 Å². The molecule has 0 N–H and O–H groups in total. The van der Waals surface area contributed by atoms with E-state index in [1.54, 1.807) is 0 Å². The zero-order valence-electron chi connectivity index (χ0n) is 25.5. The van der Waals surface area contributed by atoms with Gasteiger partial charge in [0.05, 0.1) is 12.2 Å². The zero-order chi connectivity index (χ0) is 34.5. The monoisotopic (exact) mass is 699 g/mol. The first-order chi connectivity index (χ1) is 22.7. The van der Waals surface area contributed by atoms with Crippen molar-refractivity contribution < 1.29 is 48.6 Å². The Morgan fingerprint density at radius 2 is 1.67 bits per heavy atom. The third kappa shape index (κ3) is 6.16. The average Bonchev–Trinajstić information content (AvgIpc) is 3.47. The Hall–Kier alpha value is -4.38. The molecule has 0 bridgehead atoms. The number of anilines is 2. The van der Waals surface area contributed by atoms with E-state index in [4.69, 9.17) is 4.74 Å². The molecule has 0 aliphatic carbocycles. The van der Waals surface area contributed by atoms with Crippen LogP contribution < -0.4 is 18.7 Å². The summed E-state index contributed by atoms with van der Waals surface area (Å²) < 4.78 is 135. The minimum atomic E-state index is -5.80. The van der Waals surface area contributed by atoms with Crippen LogP contribution in [0, 0.1) is 23.3 Å². The van der Waals surface area contributed by atoms with Gasteiger partial charge in [0.2, 0.25) is 11.6 Å². The average molecular weight is 700 g/mol. The minimum Gasteiger partial charge on any atom is -0.462 e. The summed E-state index contributed by atoms with van der Waals surface area (Å²) in [6, 6.07) is 13.1. The van der Waals surface area contributed by atoms with Crippen molar-refractivity contribution in [1.29, 1.82) is 0 Å². The molecule has 1 fully saturated rings. The van der Waals surface area contributed by atoms with E-state index in [0.29, 0.717) is 12.2 Å². The number of ether oxygens (including phenoxy) is 2. The number of rotatable bonds is 8. The summed E-state index contributed by atoms with van der Waals surface area (Å²) in [4.78, 5) is 10.6. The summed E-state index contributed by atoms with van der Waals surface area (Å²) in [5, 5.41) is 1.91. The normalized spacial score (nSPS) is 17.1. The van der Waals surface area contributed by atoms with Crippen LogP contribution in [0.2, 0.25) is 0 Å². The van der Waals surface area contributed by atoms with Crippen LogP contribution in [-0.2, 0) is 23.0 Å². The van der Waals surface area contributed by atoms with Crippen LogP contribution in [0.4, 0.5) is 42.2 Å². The minimum absolute atomic E-state index is 0.0111. The highest BCUT2D eigenvalue weighted by Crippen LogP contribution is 2.41. The third-order valence-corrected chi connectivity index (χ3v) is 10.3. The molecule has 17 heteroatoms. The van der Waals surface area contributed by atoms with Gasteiger partial charge in [0.25, 0.3) is 10.0 Å². The van der Waals surface area contributed by atoms with Gasteiger partial charge in [-0.1, -0.05) is 36.4 Å². The summed E-state index contributed by atoms with van der Waals surface area (Å²) >= 11 is 0. The molecular weight excluding hydrogens is 671 g/mol. The van der Waals surface area contributed by atoms with Crippen LogP contribution in [-0.4, -0.2) is 69.5 Å². The zero-order valence-corrected chi connectivity index (χ0v) is 26.3. The maximum atomic E-state index is 15.1. The molecule has 6 rings (SSSR count). The molecule has 2 aliphatic heterocycles. The topological polar surface area (TPSA) is 88.1 Å². The van der Waals surface area contributed by atoms with Crippen molar-refractivity contribution in [2.24, 2.45) is 0 Å². The second-order valence-corrected chi connectivity index (χ2v) is 13.4. The van der Waals surface area contributed by atoms with Crippen molar-refractivity contribution in [2.45, 2.75) is 43.1 Å². The first-order valence-corrected chi connectivity index (χ1v) is 16.2. The van der Waals surface area contributed by atoms with Crippen molar-refractivity contribution in [3.63, 3.8) is 0 Å². The molecule has 3 aromatic carbocycles. The van der Waals surface area contributed by atoms with Gasteiger partial charge in [0, 0.05) is 36.3 Å². The van der Waals surface area contributed by atoms with Crippen LogP contribution in [0.1, 0.15) is 24.1 Å². The van der Waals surface area contributed by atoms with E-state index in [1.807, 2.05) is 54.4 Å². The molecule has 0 spiro atoms. The van der Waals surface area contributed by atoms with Gasteiger partial charge in [-0.25, -0.2) is 21.6 Å². The number of halogens is 7. The van der Waals surface area contributed by atoms with E-state index < -0.39 is 56.1 Å². The number of benzene rings is 3. The smallest absolute Gasteiger partial charge is 0.462 e. The highest BCUT2D eigenvalue weighted by molar-refractivity contribution is 7.93. The number of aromatic nitrogens is 2. The van der Waals surface area contributed by atoms with Crippen LogP contribution in [0.5, 0.6) is 11.8 Å². The van der Waals surface area contributed by atoms with Gasteiger partial charge in [-0.3, -0.25) is 4.31 Å². The van der Waals surface area contributed by atoms with E-state index in [0.717, 1.165) is 42.9 Å². The molecule has 0 unspecified atom stereocenters. The molecule has 4 aromatic rings. The fourth-order valence-electron chi connectivity index (χ4n) is 6.04. The lowest BCUT2D eigenvalue weighted by molar-refractivity contribution is -0.276. The predicted octanol–water partition coefficient (Wildman–Crippen LogP) is 5.95. The molecule has 3 heterocycles. The van der Waals surface area contributed by atoms with Crippen LogP contribution in [0.3, 0.4) is 0 Å². The van der Waals surface area contributed by atoms with Gasteiger partial charge in [-0.2, -0.15) is 14.4 Å². The lowest BCUT2D eigenvalue weighted by Crippen LogP contribution is -2.36. The van der Waals surface area contributed by atoms with E-state index in [1.165, 1.54) is 0 Å². The highest BCUT2D eigenvalue weighted by Gasteiger charge is 2.43. The van der Waals surface area contributed by atoms with Crippen molar-refractivity contribution in [3.05, 3.63) is 77.0 Å². The molecule has 0 radical (unpaired) electrons. The molecule has 2 aliphatic rings. The summed E-state index contributed by atoms with van der Waals surface area (Å²) in [6.07, 6.45) is -3.98. The van der Waals surface area contributed by atoms with Crippen LogP contribution >= 0.6 is 0 Å². The lowest BCUT2D eigenvalue weighted by atomic mass is 10.0. The second-order valence-electron chi connectivity index (χ2n) is 11.4. The summed E-state index contributed by atoms with van der Waals surface area (Å²) in [5.74, 6) is -13.4. The Morgan fingerprint density at radius 3 is 2.38 bits per heavy atom. The van der Waals surface area contributed by atoms with Gasteiger partial charge >= 0.3 is 12.4 Å². The van der Waals surface area contributed by atoms with Gasteiger partial charge < -0.3 is 19.3 Å². The van der Waals surface area contributed by atoms with Gasteiger partial charge in [0.1, 0.15) is 6.61 Å². The number of sulfonamides is 1. The summed E-state index contributed by atoms with van der Waals surface area (Å²) in [5.41, 5.74) is 1.35. The van der Waals surface area contributed by atoms with Crippen LogP contribution in [0.15, 0.2) is 47.4 Å². The maximum Gasteiger partial charge on any atom is 0.573 e. The first-order valence-electron chi connectivity index (χ1n) is 14.7. The van der Waals surface area contributed by atoms with Crippen molar-refractivity contribution in [3.8, 4) is 11.8 Å². The fraction of sp³-hybridized carbons (Fsp3) is 0.355. The van der Waals surface area contributed by atoms with Crippen molar-refractivity contribution in [2.75, 3.05) is 43.0 Å². The lowest BCUT2D eigenvalue weighted by Gasteiger charge is -2.33. The fourth-order valence-corrected chi connectivity index (χ4v) is 7.38. The molecule has 1 aromatic heterocycles. The third-order valence-electron chi connectivity index (χ3n) is 8.52. The Morgan fingerprint density at radius 1 is 0.958 bits per heavy atom. The second kappa shape index (κ2) is 12.6. The standard InChI is InChI=1S/C31H28F7N5O4S/c1-41-13-6-9-18(41)16-46-30-39-21-15-43(22-11-5-8-17-7-3-4-10-19(17)22)14-12-20(21)29(40-30)42(2)48(44,45)28-26(35)24(33)23(32)25(34)27(28)47-31(36,37)38/h3-5,7-8,10-11,18H,6,9,12-16H2,1-2H3/t18-/m1/s1. The summed E-state index contributed by atoms with van der Waals surface area (Å²) in [7, 11) is -2.95. The van der Waals surface area contributed by atoms with E-state index in [2.05, 4.69) is 19.6 Å². The Labute approximate surface area is 270 Å². The quantitative estimate of drug-likeness (QED) is 0.127. The highest BCUT2D eigenvalue weighted by atomic mass is 32.2. The van der Waals surface area contributed by atoms with Gasteiger partial charge in [-0.05, 0) is 44.3 Å². The van der Waals surface area contributed by atoms with Crippen molar-refractivity contribution >= 4 is 32.3 Å². The number of hydrogen-bond donors (Lipinski definition) is 0. The van der Waals surface area contributed by atoms with Gasteiger partial charge in [-0.15, -0.1) is 13.2 Å². The maximum absolute atomic E-state index is 15.1. The Bertz CT molecular complexity index is 1990. The molecule has 0 amide bonds. The molecule has 256 valence electrons. The summed E-state index contributed by atoms with van der Waals surface area (Å²) in [6.45, 7) is 1.35. The molecule has 1 saturated heterocycles. The Balaban J connectivity index is 1.45.